The van der Waals surface area contributed by atoms with Crippen molar-refractivity contribution >= 4 is 64.4 Å². The van der Waals surface area contributed by atoms with E-state index in [9.17, 15) is 4.79 Å². The van der Waals surface area contributed by atoms with Crippen LogP contribution in [-0.2, 0) is 4.79 Å². The van der Waals surface area contributed by atoms with Crippen molar-refractivity contribution in [2.45, 2.75) is 31.8 Å². The van der Waals surface area contributed by atoms with Crippen molar-refractivity contribution in [3.8, 4) is 0 Å². The summed E-state index contributed by atoms with van der Waals surface area (Å²) in [5, 5.41) is 24.5. The van der Waals surface area contributed by atoms with E-state index in [0.29, 0.717) is 28.7 Å². The highest BCUT2D eigenvalue weighted by molar-refractivity contribution is 6.31. The Morgan fingerprint density at radius 2 is 1.07 bits per heavy atom. The lowest BCUT2D eigenvalue weighted by molar-refractivity contribution is -0.146. The first-order valence-electron chi connectivity index (χ1n) is 13.8. The number of nitrogens with one attached hydrogen (secondary N) is 2. The molecule has 0 radical (unpaired) electrons. The number of benzene rings is 3. The average Bonchev–Trinajstić information content (AvgIpc) is 3.01. The number of guanidine groups is 4. The molecule has 12 N–H and O–H groups in total. The highest BCUT2D eigenvalue weighted by Crippen LogP contribution is 2.14. The lowest BCUT2D eigenvalue weighted by Crippen LogP contribution is -2.26. The molecule has 3 aromatic rings. The molecule has 0 spiro atoms. The Labute approximate surface area is 271 Å². The van der Waals surface area contributed by atoms with E-state index in [4.69, 9.17) is 56.3 Å². The summed E-state index contributed by atoms with van der Waals surface area (Å²) in [6.07, 6.45) is 2.28. The van der Waals surface area contributed by atoms with Gasteiger partial charge in [-0.2, -0.15) is 9.98 Å². The molecule has 3 rings (SSSR count). The van der Waals surface area contributed by atoms with E-state index in [1.54, 1.807) is 78.9 Å². The number of aliphatic hydroxyl groups excluding tert-OH is 1. The number of nitrogens with zero attached hydrogens (tertiary/aromatic N) is 4. The highest BCUT2D eigenvalue weighted by atomic mass is 35.5. The standard InChI is InChI=1S/C22H30Cl2N10.C8H8O3/c23-15-5-9-17(10-6-15)31-21(27)33-19(25)29-13-3-1-2-4-14-30-20(26)34-22(28)32-18-11-7-16(24)8-12-18;9-7(8(10)11)6-4-2-1-3-5-6/h5-12H,1-4,13-14H2,(H5,25,27,29,31,33)(H5,26,28,30,32,34);1-5,7,9H,(H,10,11). The number of carbonyl (C=O) groups is 1. The first-order valence-corrected chi connectivity index (χ1v) is 14.6. The number of carboxylic acid groups (broad SMARTS) is 1. The summed E-state index contributed by atoms with van der Waals surface area (Å²) in [5.74, 6) is -0.662. The molecule has 0 aromatic heterocycles. The monoisotopic (exact) mass is 656 g/mol. The Bertz CT molecular complexity index is 1370. The van der Waals surface area contributed by atoms with Crippen LogP contribution in [0.25, 0.3) is 0 Å². The van der Waals surface area contributed by atoms with Gasteiger partial charge in [0.2, 0.25) is 23.8 Å². The van der Waals surface area contributed by atoms with Crippen LogP contribution in [0.2, 0.25) is 10.0 Å². The van der Waals surface area contributed by atoms with Crippen molar-refractivity contribution in [1.82, 2.24) is 0 Å². The third kappa shape index (κ3) is 16.0. The predicted molar refractivity (Wildman–Crippen MR) is 184 cm³/mol. The predicted octanol–water partition coefficient (Wildman–Crippen LogP) is 4.14. The molecule has 240 valence electrons. The first-order chi connectivity index (χ1) is 21.5. The molecule has 1 atom stereocenters. The smallest absolute Gasteiger partial charge is 0.337 e. The quantitative estimate of drug-likeness (QED) is 0.0839. The minimum absolute atomic E-state index is 0.124. The second kappa shape index (κ2) is 20.2. The number of hydrogen-bond donors (Lipinski definition) is 8. The molecule has 0 fully saturated rings. The summed E-state index contributed by atoms with van der Waals surface area (Å²) < 4.78 is 0. The van der Waals surface area contributed by atoms with Crippen molar-refractivity contribution < 1.29 is 15.0 Å². The average molecular weight is 658 g/mol. The number of unbranched alkanes of at least 4 members (excludes halogenated alkanes) is 3. The van der Waals surface area contributed by atoms with E-state index in [-0.39, 0.29) is 23.8 Å². The van der Waals surface area contributed by atoms with Gasteiger partial charge in [-0.3, -0.25) is 9.98 Å². The number of hydrogen-bond acceptors (Lipinski definition) is 4. The number of aliphatic imine (C=N–C) groups is 4. The second-order valence-corrected chi connectivity index (χ2v) is 10.2. The molecule has 0 saturated carbocycles. The largest absolute Gasteiger partial charge is 0.479 e. The fraction of sp³-hybridized carbons (Fsp3) is 0.233. The number of aliphatic carboxylic acids is 1. The summed E-state index contributed by atoms with van der Waals surface area (Å²) in [5.41, 5.74) is 25.2. The van der Waals surface area contributed by atoms with Crippen LogP contribution in [0.5, 0.6) is 0 Å². The zero-order valence-corrected chi connectivity index (χ0v) is 26.0. The molecule has 0 amide bonds. The second-order valence-electron chi connectivity index (χ2n) is 9.30. The molecule has 13 nitrogen and oxygen atoms in total. The molecule has 0 aliphatic rings. The SMILES string of the molecule is NC(=NCCCCCCN=C(N)/N=C(\N)Nc1ccc(Cl)cc1)/N=C(\N)Nc1ccc(Cl)cc1.O=C(O)C(O)c1ccccc1. The molecule has 45 heavy (non-hydrogen) atoms. The van der Waals surface area contributed by atoms with Gasteiger partial charge in [0.15, 0.2) is 6.10 Å². The van der Waals surface area contributed by atoms with Gasteiger partial charge in [0, 0.05) is 34.5 Å². The van der Waals surface area contributed by atoms with E-state index in [1.165, 1.54) is 0 Å². The number of aliphatic hydroxyl groups is 1. The summed E-state index contributed by atoms with van der Waals surface area (Å²) in [6, 6.07) is 22.4. The van der Waals surface area contributed by atoms with Crippen LogP contribution in [-0.4, -0.2) is 53.1 Å². The summed E-state index contributed by atoms with van der Waals surface area (Å²) >= 11 is 11.7. The van der Waals surface area contributed by atoms with Crippen molar-refractivity contribution in [3.63, 3.8) is 0 Å². The first kappa shape index (κ1) is 36.3. The van der Waals surface area contributed by atoms with Crippen molar-refractivity contribution in [1.29, 1.82) is 0 Å². The molecule has 0 saturated heterocycles. The van der Waals surface area contributed by atoms with E-state index < -0.39 is 12.1 Å². The van der Waals surface area contributed by atoms with Gasteiger partial charge in [0.25, 0.3) is 0 Å². The number of rotatable bonds is 11. The maximum absolute atomic E-state index is 10.2. The molecule has 1 unspecified atom stereocenters. The van der Waals surface area contributed by atoms with Crippen LogP contribution in [0.4, 0.5) is 11.4 Å². The van der Waals surface area contributed by atoms with Gasteiger partial charge >= 0.3 is 5.97 Å². The minimum Gasteiger partial charge on any atom is -0.479 e. The van der Waals surface area contributed by atoms with Gasteiger partial charge < -0.3 is 43.8 Å². The van der Waals surface area contributed by atoms with Crippen LogP contribution in [0, 0.1) is 0 Å². The fourth-order valence-corrected chi connectivity index (χ4v) is 3.73. The number of nitrogens with two attached hydrogens (primary N) is 4. The Morgan fingerprint density at radius 1 is 0.667 bits per heavy atom. The third-order valence-corrected chi connectivity index (χ3v) is 6.17. The van der Waals surface area contributed by atoms with Crippen LogP contribution >= 0.6 is 23.2 Å². The van der Waals surface area contributed by atoms with Crippen molar-refractivity contribution in [2.24, 2.45) is 42.9 Å². The summed E-state index contributed by atoms with van der Waals surface area (Å²) in [4.78, 5) is 26.7. The third-order valence-electron chi connectivity index (χ3n) is 5.67. The van der Waals surface area contributed by atoms with Gasteiger partial charge in [0.05, 0.1) is 0 Å². The van der Waals surface area contributed by atoms with Gasteiger partial charge in [-0.15, -0.1) is 0 Å². The number of carboxylic acids is 1. The molecule has 15 heteroatoms. The van der Waals surface area contributed by atoms with Gasteiger partial charge in [-0.05, 0) is 66.9 Å². The van der Waals surface area contributed by atoms with E-state index in [0.717, 1.165) is 37.1 Å². The van der Waals surface area contributed by atoms with Crippen molar-refractivity contribution in [2.75, 3.05) is 23.7 Å². The van der Waals surface area contributed by atoms with Gasteiger partial charge in [-0.1, -0.05) is 66.4 Å². The molecule has 0 aliphatic carbocycles. The Morgan fingerprint density at radius 3 is 1.44 bits per heavy atom. The van der Waals surface area contributed by atoms with Crippen LogP contribution in [0.15, 0.2) is 98.8 Å². The normalized spacial score (nSPS) is 13.0. The Kier molecular flexibility index (Phi) is 16.3. The molecule has 3 aromatic carbocycles. The van der Waals surface area contributed by atoms with Gasteiger partial charge in [0.1, 0.15) is 0 Å². The fourth-order valence-electron chi connectivity index (χ4n) is 3.48. The maximum Gasteiger partial charge on any atom is 0.337 e. The minimum atomic E-state index is -1.41. The van der Waals surface area contributed by atoms with E-state index in [1.807, 2.05) is 0 Å². The van der Waals surface area contributed by atoms with E-state index in [2.05, 4.69) is 30.6 Å². The highest BCUT2D eigenvalue weighted by Gasteiger charge is 2.14. The maximum atomic E-state index is 10.2. The van der Waals surface area contributed by atoms with Crippen LogP contribution in [0.3, 0.4) is 0 Å². The molecule has 0 heterocycles. The van der Waals surface area contributed by atoms with Crippen molar-refractivity contribution in [3.05, 3.63) is 94.5 Å². The topological polar surface area (TPSA) is 235 Å². The Balaban J connectivity index is 0.000000537. The lowest BCUT2D eigenvalue weighted by Gasteiger charge is -2.05. The zero-order valence-electron chi connectivity index (χ0n) is 24.5. The van der Waals surface area contributed by atoms with E-state index >= 15 is 0 Å². The summed E-state index contributed by atoms with van der Waals surface area (Å²) in [7, 11) is 0. The molecular formula is C30H38Cl2N10O3. The molecule has 0 aliphatic heterocycles. The molecular weight excluding hydrogens is 619 g/mol. The summed E-state index contributed by atoms with van der Waals surface area (Å²) in [6.45, 7) is 1.12. The van der Waals surface area contributed by atoms with Crippen LogP contribution < -0.4 is 33.6 Å². The van der Waals surface area contributed by atoms with Gasteiger partial charge in [-0.25, -0.2) is 4.79 Å². The van der Waals surface area contributed by atoms with Crippen LogP contribution in [0.1, 0.15) is 37.4 Å². The Hall–Kier alpha value is -4.85. The number of halogens is 2. The zero-order chi connectivity index (χ0) is 33.0. The lowest BCUT2D eigenvalue weighted by atomic mass is 10.1. The number of anilines is 2. The molecule has 0 bridgehead atoms.